The molecule has 2 aromatic heterocycles. The van der Waals surface area contributed by atoms with Gasteiger partial charge in [-0.3, -0.25) is 4.98 Å². The number of hydrogen-bond donors (Lipinski definition) is 3. The van der Waals surface area contributed by atoms with Crippen molar-refractivity contribution in [3.8, 4) is 5.75 Å². The number of benzene rings is 1. The van der Waals surface area contributed by atoms with Crippen LogP contribution in [0.2, 0.25) is 5.02 Å². The maximum Gasteiger partial charge on any atom is 0.229 e. The lowest BCUT2D eigenvalue weighted by atomic mass is 10.0. The number of hydrogen-bond acceptors (Lipinski definition) is 7. The van der Waals surface area contributed by atoms with Crippen molar-refractivity contribution < 1.29 is 4.74 Å². The molecule has 5 rings (SSSR count). The predicted molar refractivity (Wildman–Crippen MR) is 140 cm³/mol. The Balaban J connectivity index is 0.00000128. The van der Waals surface area contributed by atoms with Crippen LogP contribution in [0.3, 0.4) is 0 Å². The molecule has 1 fully saturated rings. The van der Waals surface area contributed by atoms with Crippen LogP contribution in [0, 0.1) is 5.92 Å². The second kappa shape index (κ2) is 12.4. The quantitative estimate of drug-likeness (QED) is 0.419. The van der Waals surface area contributed by atoms with Crippen LogP contribution >= 0.6 is 48.8 Å². The molecule has 33 heavy (non-hydrogen) atoms. The van der Waals surface area contributed by atoms with Crippen LogP contribution < -0.4 is 20.7 Å². The molecular weight excluding hydrogens is 506 g/mol. The molecule has 1 unspecified atom stereocenters. The van der Waals surface area contributed by atoms with Crippen LogP contribution in [0.4, 0.5) is 23.1 Å². The zero-order valence-corrected chi connectivity index (χ0v) is 20.9. The number of aryl methyl sites for hydroxylation is 2. The Kier molecular flexibility index (Phi) is 10.3. The highest BCUT2D eigenvalue weighted by Crippen LogP contribution is 2.30. The van der Waals surface area contributed by atoms with Crippen molar-refractivity contribution in [1.29, 1.82) is 0 Å². The number of nitrogens with one attached hydrogen (secondary N) is 3. The second-order valence-corrected chi connectivity index (χ2v) is 8.12. The van der Waals surface area contributed by atoms with Crippen molar-refractivity contribution in [2.75, 3.05) is 30.3 Å². The highest BCUT2D eigenvalue weighted by molar-refractivity contribution is 6.32. The highest BCUT2D eigenvalue weighted by atomic mass is 35.5. The molecule has 0 spiro atoms. The minimum Gasteiger partial charge on any atom is -0.493 e. The van der Waals surface area contributed by atoms with Gasteiger partial charge in [-0.2, -0.15) is 4.98 Å². The fraction of sp³-hybridized carbons (Fsp3) is 0.318. The maximum atomic E-state index is 6.33. The van der Waals surface area contributed by atoms with Crippen molar-refractivity contribution in [1.82, 2.24) is 20.3 Å². The van der Waals surface area contributed by atoms with E-state index in [0.29, 0.717) is 22.7 Å². The van der Waals surface area contributed by atoms with E-state index in [0.717, 1.165) is 67.2 Å². The maximum absolute atomic E-state index is 6.33. The summed E-state index contributed by atoms with van der Waals surface area (Å²) in [7, 11) is 0. The Hall–Kier alpha value is -2.03. The SMILES string of the molecule is Cl.Cl.Cl.Clc1cnc2nc1Nc1ccc(OCC3CCNC3)c(c1)CCc1cncc(c1)N2. The average Bonchev–Trinajstić information content (AvgIpc) is 3.27. The summed E-state index contributed by atoms with van der Waals surface area (Å²) < 4.78 is 6.23. The first-order valence-corrected chi connectivity index (χ1v) is 10.6. The fourth-order valence-electron chi connectivity index (χ4n) is 3.81. The first kappa shape index (κ1) is 27.2. The van der Waals surface area contributed by atoms with Gasteiger partial charge in [0.05, 0.1) is 24.7 Å². The van der Waals surface area contributed by atoms with Gasteiger partial charge in [0.1, 0.15) is 10.8 Å². The van der Waals surface area contributed by atoms with Gasteiger partial charge >= 0.3 is 0 Å². The van der Waals surface area contributed by atoms with E-state index < -0.39 is 0 Å². The molecule has 0 radical (unpaired) electrons. The van der Waals surface area contributed by atoms with Gasteiger partial charge in [-0.05, 0) is 61.2 Å². The van der Waals surface area contributed by atoms with E-state index in [2.05, 4.69) is 43.0 Å². The molecule has 11 heteroatoms. The molecule has 1 atom stereocenters. The highest BCUT2D eigenvalue weighted by Gasteiger charge is 2.17. The van der Waals surface area contributed by atoms with Gasteiger partial charge in [0.15, 0.2) is 5.82 Å². The molecule has 3 N–H and O–H groups in total. The predicted octanol–water partition coefficient (Wildman–Crippen LogP) is 5.36. The molecule has 2 aliphatic heterocycles. The minimum atomic E-state index is 0. The number of aromatic nitrogens is 3. The number of ether oxygens (including phenoxy) is 1. The van der Waals surface area contributed by atoms with Gasteiger partial charge in [-0.25, -0.2) is 4.98 Å². The van der Waals surface area contributed by atoms with Crippen LogP contribution in [0.5, 0.6) is 5.75 Å². The van der Waals surface area contributed by atoms with Gasteiger partial charge in [0, 0.05) is 24.3 Å². The van der Waals surface area contributed by atoms with E-state index in [9.17, 15) is 0 Å². The summed E-state index contributed by atoms with van der Waals surface area (Å²) >= 11 is 6.33. The summed E-state index contributed by atoms with van der Waals surface area (Å²) in [4.78, 5) is 13.2. The van der Waals surface area contributed by atoms with Crippen molar-refractivity contribution >= 4 is 72.0 Å². The molecule has 0 amide bonds. The van der Waals surface area contributed by atoms with Gasteiger partial charge in [0.2, 0.25) is 5.95 Å². The molecule has 0 aliphatic carbocycles. The van der Waals surface area contributed by atoms with Gasteiger partial charge in [0.25, 0.3) is 0 Å². The van der Waals surface area contributed by atoms with Gasteiger partial charge in [-0.1, -0.05) is 11.6 Å². The Morgan fingerprint density at radius 1 is 1.00 bits per heavy atom. The molecule has 1 saturated heterocycles. The third-order valence-corrected chi connectivity index (χ3v) is 5.71. The third kappa shape index (κ3) is 6.74. The Labute approximate surface area is 216 Å². The van der Waals surface area contributed by atoms with E-state index in [-0.39, 0.29) is 37.2 Å². The first-order valence-electron chi connectivity index (χ1n) is 10.2. The second-order valence-electron chi connectivity index (χ2n) is 7.71. The van der Waals surface area contributed by atoms with E-state index >= 15 is 0 Å². The summed E-state index contributed by atoms with van der Waals surface area (Å²) in [6, 6.07) is 8.22. The van der Waals surface area contributed by atoms with E-state index in [4.69, 9.17) is 16.3 Å². The zero-order valence-electron chi connectivity index (χ0n) is 17.7. The lowest BCUT2D eigenvalue weighted by Crippen LogP contribution is -2.16. The number of halogens is 4. The molecular formula is C22H26Cl4N6O. The normalized spacial score (nSPS) is 16.1. The number of nitrogens with zero attached hydrogens (tertiary/aromatic N) is 3. The van der Waals surface area contributed by atoms with E-state index in [1.807, 2.05) is 18.3 Å². The summed E-state index contributed by atoms with van der Waals surface area (Å²) in [5.41, 5.74) is 4.04. The van der Waals surface area contributed by atoms with Gasteiger partial charge < -0.3 is 20.7 Å². The molecule has 2 aliphatic rings. The minimum absolute atomic E-state index is 0. The van der Waals surface area contributed by atoms with E-state index in [1.54, 1.807) is 12.4 Å². The fourth-order valence-corrected chi connectivity index (χ4v) is 3.95. The van der Waals surface area contributed by atoms with Gasteiger partial charge in [-0.15, -0.1) is 37.2 Å². The lowest BCUT2D eigenvalue weighted by Gasteiger charge is -2.16. The topological polar surface area (TPSA) is 84.0 Å². The summed E-state index contributed by atoms with van der Waals surface area (Å²) in [5, 5.41) is 10.4. The number of rotatable bonds is 3. The monoisotopic (exact) mass is 530 g/mol. The van der Waals surface area contributed by atoms with Crippen LogP contribution in [-0.4, -0.2) is 34.6 Å². The smallest absolute Gasteiger partial charge is 0.229 e. The Morgan fingerprint density at radius 2 is 1.88 bits per heavy atom. The van der Waals surface area contributed by atoms with Crippen molar-refractivity contribution in [2.45, 2.75) is 19.3 Å². The molecule has 3 aromatic rings. The molecule has 4 heterocycles. The first-order chi connectivity index (χ1) is 14.7. The van der Waals surface area contributed by atoms with E-state index in [1.165, 1.54) is 0 Å². The van der Waals surface area contributed by atoms with Crippen LogP contribution in [0.15, 0.2) is 42.9 Å². The summed E-state index contributed by atoms with van der Waals surface area (Å²) in [6.45, 7) is 2.83. The Morgan fingerprint density at radius 3 is 2.70 bits per heavy atom. The number of fused-ring (bicyclic) bond motifs is 6. The Bertz CT molecular complexity index is 1060. The lowest BCUT2D eigenvalue weighted by molar-refractivity contribution is 0.258. The summed E-state index contributed by atoms with van der Waals surface area (Å²) in [5.74, 6) is 2.51. The number of pyridine rings is 1. The molecule has 7 nitrogen and oxygen atoms in total. The van der Waals surface area contributed by atoms with Crippen LogP contribution in [-0.2, 0) is 12.8 Å². The molecule has 6 bridgehead atoms. The summed E-state index contributed by atoms with van der Waals surface area (Å²) in [6.07, 6.45) is 8.10. The van der Waals surface area contributed by atoms with Crippen molar-refractivity contribution in [3.63, 3.8) is 0 Å². The van der Waals surface area contributed by atoms with Crippen LogP contribution in [0.1, 0.15) is 17.5 Å². The average molecular weight is 532 g/mol. The zero-order chi connectivity index (χ0) is 20.3. The number of anilines is 4. The van der Waals surface area contributed by atoms with Crippen molar-refractivity contribution in [2.24, 2.45) is 5.92 Å². The third-order valence-electron chi connectivity index (χ3n) is 5.44. The van der Waals surface area contributed by atoms with Crippen LogP contribution in [0.25, 0.3) is 0 Å². The molecule has 0 saturated carbocycles. The van der Waals surface area contributed by atoms with Crippen molar-refractivity contribution in [3.05, 3.63) is 59.0 Å². The largest absolute Gasteiger partial charge is 0.493 e. The molecule has 178 valence electrons. The standard InChI is InChI=1S/C22H23ClN6O.3ClH/c23-19-12-26-22-28-18-7-14(9-25-11-18)1-2-16-8-17(27-21(19)29-22)3-4-20(16)30-13-15-5-6-24-10-15;;;/h3-4,7-9,11-12,15,24H,1-2,5-6,10,13H2,(H2,26,27,28,29);3*1H. The molecule has 1 aromatic carbocycles.